The summed E-state index contributed by atoms with van der Waals surface area (Å²) in [5.74, 6) is 0.727. The fourth-order valence-corrected chi connectivity index (χ4v) is 4.02. The molecule has 1 heterocycles. The number of alkyl halides is 1. The highest BCUT2D eigenvalue weighted by Gasteiger charge is 2.26. The summed E-state index contributed by atoms with van der Waals surface area (Å²) in [6, 6.07) is 11.0. The topological polar surface area (TPSA) is 17.8 Å². The van der Waals surface area contributed by atoms with Gasteiger partial charge in [0, 0.05) is 23.8 Å². The summed E-state index contributed by atoms with van der Waals surface area (Å²) in [7, 11) is 2.02. The summed E-state index contributed by atoms with van der Waals surface area (Å²) in [4.78, 5) is 0.505. The number of hydrogen-bond donors (Lipinski definition) is 0. The summed E-state index contributed by atoms with van der Waals surface area (Å²) >= 11 is 3.91. The quantitative estimate of drug-likeness (QED) is 0.781. The molecule has 0 fully saturated rings. The Kier molecular flexibility index (Phi) is 3.74. The fraction of sp³-hybridized carbons (Fsp3) is 0.438. The molecule has 1 aromatic heterocycles. The third-order valence-electron chi connectivity index (χ3n) is 4.24. The molecule has 0 amide bonds. The Morgan fingerprint density at radius 1 is 1.32 bits per heavy atom. The standard InChI is InChI=1S/C16H19BrN2/c1-19-14(10-11-18-19)9-8-13-7-6-12-4-2-3-5-15(12)16(13)17/h2-5,10-11,13,16H,6-9H2,1H3. The van der Waals surface area contributed by atoms with Crippen molar-refractivity contribution in [2.24, 2.45) is 13.0 Å². The zero-order valence-electron chi connectivity index (χ0n) is 11.2. The summed E-state index contributed by atoms with van der Waals surface area (Å²) in [5.41, 5.74) is 4.34. The largest absolute Gasteiger partial charge is 0.273 e. The van der Waals surface area contributed by atoms with Crippen molar-refractivity contribution >= 4 is 15.9 Å². The van der Waals surface area contributed by atoms with Gasteiger partial charge in [0.2, 0.25) is 0 Å². The lowest BCUT2D eigenvalue weighted by atomic mass is 9.81. The highest BCUT2D eigenvalue weighted by atomic mass is 79.9. The van der Waals surface area contributed by atoms with E-state index in [-0.39, 0.29) is 0 Å². The van der Waals surface area contributed by atoms with Crippen LogP contribution in [0.2, 0.25) is 0 Å². The Morgan fingerprint density at radius 3 is 2.95 bits per heavy atom. The average molecular weight is 319 g/mol. The van der Waals surface area contributed by atoms with Gasteiger partial charge < -0.3 is 0 Å². The molecule has 0 aliphatic heterocycles. The molecule has 1 aliphatic rings. The van der Waals surface area contributed by atoms with Gasteiger partial charge in [0.05, 0.1) is 0 Å². The number of aromatic nitrogens is 2. The molecule has 2 aromatic rings. The van der Waals surface area contributed by atoms with E-state index in [1.54, 1.807) is 0 Å². The van der Waals surface area contributed by atoms with Gasteiger partial charge in [0.15, 0.2) is 0 Å². The molecule has 2 unspecified atom stereocenters. The van der Waals surface area contributed by atoms with E-state index in [0.29, 0.717) is 4.83 Å². The second-order valence-electron chi connectivity index (χ2n) is 5.38. The first-order valence-electron chi connectivity index (χ1n) is 6.94. The van der Waals surface area contributed by atoms with Crippen molar-refractivity contribution < 1.29 is 0 Å². The van der Waals surface area contributed by atoms with Gasteiger partial charge in [-0.1, -0.05) is 40.2 Å². The first kappa shape index (κ1) is 12.9. The highest BCUT2D eigenvalue weighted by Crippen LogP contribution is 2.42. The molecule has 2 nitrogen and oxygen atoms in total. The van der Waals surface area contributed by atoms with Crippen molar-refractivity contribution in [1.82, 2.24) is 9.78 Å². The average Bonchev–Trinajstić information content (AvgIpc) is 2.84. The second-order valence-corrected chi connectivity index (χ2v) is 6.37. The normalized spacial score (nSPS) is 22.2. The lowest BCUT2D eigenvalue weighted by Crippen LogP contribution is -2.17. The molecule has 0 saturated carbocycles. The molecule has 0 saturated heterocycles. The summed E-state index contributed by atoms with van der Waals surface area (Å²) in [5, 5.41) is 4.24. The first-order chi connectivity index (χ1) is 9.25. The zero-order valence-corrected chi connectivity index (χ0v) is 12.8. The van der Waals surface area contributed by atoms with Gasteiger partial charge in [0.25, 0.3) is 0 Å². The molecule has 0 radical (unpaired) electrons. The van der Waals surface area contributed by atoms with Crippen LogP contribution in [-0.2, 0) is 19.9 Å². The number of halogens is 1. The van der Waals surface area contributed by atoms with E-state index in [4.69, 9.17) is 0 Å². The van der Waals surface area contributed by atoms with Crippen LogP contribution in [0.5, 0.6) is 0 Å². The van der Waals surface area contributed by atoms with E-state index in [1.165, 1.54) is 36.1 Å². The van der Waals surface area contributed by atoms with Crippen molar-refractivity contribution in [2.45, 2.75) is 30.5 Å². The molecule has 2 atom stereocenters. The van der Waals surface area contributed by atoms with Crippen LogP contribution in [0.25, 0.3) is 0 Å². The minimum absolute atomic E-state index is 0.505. The third-order valence-corrected chi connectivity index (χ3v) is 5.49. The third kappa shape index (κ3) is 2.62. The zero-order chi connectivity index (χ0) is 13.2. The second kappa shape index (κ2) is 5.49. The van der Waals surface area contributed by atoms with Crippen LogP contribution in [0, 0.1) is 5.92 Å². The Labute approximate surface area is 123 Å². The van der Waals surface area contributed by atoms with E-state index < -0.39 is 0 Å². The molecule has 1 aromatic carbocycles. The predicted molar refractivity (Wildman–Crippen MR) is 81.5 cm³/mol. The van der Waals surface area contributed by atoms with Crippen LogP contribution in [0.3, 0.4) is 0 Å². The van der Waals surface area contributed by atoms with E-state index >= 15 is 0 Å². The Hall–Kier alpha value is -1.09. The molecule has 3 heteroatoms. The molecule has 100 valence electrons. The maximum Gasteiger partial charge on any atom is 0.0492 e. The minimum atomic E-state index is 0.505. The minimum Gasteiger partial charge on any atom is -0.273 e. The number of rotatable bonds is 3. The van der Waals surface area contributed by atoms with E-state index in [2.05, 4.69) is 51.4 Å². The number of aryl methyl sites for hydroxylation is 3. The molecule has 0 bridgehead atoms. The molecule has 0 N–H and O–H groups in total. The summed E-state index contributed by atoms with van der Waals surface area (Å²) in [6.45, 7) is 0. The molecule has 0 spiro atoms. The van der Waals surface area contributed by atoms with Crippen molar-refractivity contribution in [3.05, 3.63) is 53.3 Å². The maximum absolute atomic E-state index is 4.24. The van der Waals surface area contributed by atoms with Gasteiger partial charge in [-0.2, -0.15) is 5.10 Å². The SMILES string of the molecule is Cn1nccc1CCC1CCc2ccccc2C1Br. The fourth-order valence-electron chi connectivity index (χ4n) is 3.04. The monoisotopic (exact) mass is 318 g/mol. The smallest absolute Gasteiger partial charge is 0.0492 e. The van der Waals surface area contributed by atoms with Gasteiger partial charge in [-0.25, -0.2) is 0 Å². The lowest BCUT2D eigenvalue weighted by molar-refractivity contribution is 0.419. The number of benzene rings is 1. The van der Waals surface area contributed by atoms with Crippen LogP contribution < -0.4 is 0 Å². The number of fused-ring (bicyclic) bond motifs is 1. The maximum atomic E-state index is 4.24. The van der Waals surface area contributed by atoms with E-state index in [1.807, 2.05) is 17.9 Å². The Balaban J connectivity index is 1.69. The van der Waals surface area contributed by atoms with Crippen molar-refractivity contribution in [2.75, 3.05) is 0 Å². The number of nitrogens with zero attached hydrogens (tertiary/aromatic N) is 2. The van der Waals surface area contributed by atoms with Crippen LogP contribution >= 0.6 is 15.9 Å². The van der Waals surface area contributed by atoms with Crippen LogP contribution in [0.1, 0.15) is 34.5 Å². The van der Waals surface area contributed by atoms with E-state index in [0.717, 1.165) is 12.3 Å². The van der Waals surface area contributed by atoms with Gasteiger partial charge in [-0.05, 0) is 48.8 Å². The molecular formula is C16H19BrN2. The van der Waals surface area contributed by atoms with E-state index in [9.17, 15) is 0 Å². The first-order valence-corrected chi connectivity index (χ1v) is 7.86. The Bertz CT molecular complexity index is 561. The van der Waals surface area contributed by atoms with Gasteiger partial charge in [0.1, 0.15) is 0 Å². The molecule has 3 rings (SSSR count). The van der Waals surface area contributed by atoms with Gasteiger partial charge in [-0.3, -0.25) is 4.68 Å². The highest BCUT2D eigenvalue weighted by molar-refractivity contribution is 9.09. The van der Waals surface area contributed by atoms with Crippen molar-refractivity contribution in [3.63, 3.8) is 0 Å². The van der Waals surface area contributed by atoms with Gasteiger partial charge >= 0.3 is 0 Å². The number of hydrogen-bond acceptors (Lipinski definition) is 1. The van der Waals surface area contributed by atoms with Crippen LogP contribution in [0.15, 0.2) is 36.5 Å². The lowest BCUT2D eigenvalue weighted by Gasteiger charge is -2.30. The summed E-state index contributed by atoms with van der Waals surface area (Å²) in [6.07, 6.45) is 6.73. The molecule has 19 heavy (non-hydrogen) atoms. The summed E-state index contributed by atoms with van der Waals surface area (Å²) < 4.78 is 1.99. The Morgan fingerprint density at radius 2 is 2.16 bits per heavy atom. The van der Waals surface area contributed by atoms with Crippen molar-refractivity contribution in [1.29, 1.82) is 0 Å². The molecular weight excluding hydrogens is 300 g/mol. The van der Waals surface area contributed by atoms with Gasteiger partial charge in [-0.15, -0.1) is 0 Å². The van der Waals surface area contributed by atoms with Crippen LogP contribution in [-0.4, -0.2) is 9.78 Å². The van der Waals surface area contributed by atoms with Crippen LogP contribution in [0.4, 0.5) is 0 Å². The van der Waals surface area contributed by atoms with Crippen molar-refractivity contribution in [3.8, 4) is 0 Å². The predicted octanol–water partition coefficient (Wildman–Crippen LogP) is 4.05. The molecule has 1 aliphatic carbocycles.